The van der Waals surface area contributed by atoms with Gasteiger partial charge < -0.3 is 19.8 Å². The van der Waals surface area contributed by atoms with Crippen LogP contribution in [-0.2, 0) is 4.79 Å². The van der Waals surface area contributed by atoms with Gasteiger partial charge in [0, 0.05) is 68.9 Å². The summed E-state index contributed by atoms with van der Waals surface area (Å²) in [6.45, 7) is 12.0. The summed E-state index contributed by atoms with van der Waals surface area (Å²) in [5.41, 5.74) is -1.09. The normalized spacial score (nSPS) is 17.5. The zero-order valence-electron chi connectivity index (χ0n) is 26.3. The highest BCUT2D eigenvalue weighted by molar-refractivity contribution is 6.02. The van der Waals surface area contributed by atoms with Crippen LogP contribution < -0.4 is 9.80 Å². The number of phenols is 1. The summed E-state index contributed by atoms with van der Waals surface area (Å²) in [6.07, 6.45) is -1.02. The molecular weight excluding hydrogens is 602 g/mol. The summed E-state index contributed by atoms with van der Waals surface area (Å²) in [6, 6.07) is 4.71. The predicted octanol–water partition coefficient (Wildman–Crippen LogP) is 5.74. The lowest BCUT2D eigenvalue weighted by Crippen LogP contribution is -2.60. The van der Waals surface area contributed by atoms with Gasteiger partial charge in [-0.3, -0.25) is 14.7 Å². The Hall–Kier alpha value is -4.26. The molecule has 2 aliphatic heterocycles. The first kappa shape index (κ1) is 31.7. The van der Waals surface area contributed by atoms with E-state index < -0.39 is 23.6 Å². The number of piperazine rings is 1. The number of fused-ring (bicyclic) bond motifs is 2. The SMILES string of the molecule is CCC1CN(c2nc(N3CC(N(CC)CC)C3)nc3c(C(F)F)c(-c4cc(O)cc5ccc(F)c(F)c45)ncc23)CCN1C(C)=O. The minimum atomic E-state index is -3.10. The van der Waals surface area contributed by atoms with Crippen molar-refractivity contribution in [2.24, 2.45) is 0 Å². The standard InChI is InChI=1S/C33H37F4N7O2/c1-5-20-15-42(10-11-44(20)18(4)45)32-24-14-38-29(23-13-22(46)12-19-8-9-25(34)28(35)26(19)23)27(31(36)37)30(24)39-33(40-32)43-16-21(17-43)41(6-2)7-3/h8-9,12-14,20-21,31,46H,5-7,10-11,15-17H2,1-4H3. The number of hydrogen-bond donors (Lipinski definition) is 1. The molecule has 0 bridgehead atoms. The molecule has 1 N–H and O–H groups in total. The topological polar surface area (TPSA) is 88.9 Å². The highest BCUT2D eigenvalue weighted by atomic mass is 19.3. The zero-order chi connectivity index (χ0) is 32.9. The number of alkyl halides is 2. The molecule has 0 radical (unpaired) electrons. The monoisotopic (exact) mass is 639 g/mol. The van der Waals surface area contributed by atoms with Crippen LogP contribution in [-0.4, -0.2) is 93.7 Å². The van der Waals surface area contributed by atoms with Gasteiger partial charge in [-0.2, -0.15) is 4.98 Å². The number of pyridine rings is 1. The van der Waals surface area contributed by atoms with E-state index in [0.717, 1.165) is 25.2 Å². The van der Waals surface area contributed by atoms with Crippen LogP contribution in [0.5, 0.6) is 5.75 Å². The van der Waals surface area contributed by atoms with Crippen molar-refractivity contribution in [3.63, 3.8) is 0 Å². The predicted molar refractivity (Wildman–Crippen MR) is 169 cm³/mol. The number of benzene rings is 2. The van der Waals surface area contributed by atoms with Gasteiger partial charge in [0.15, 0.2) is 11.6 Å². The van der Waals surface area contributed by atoms with Crippen LogP contribution in [0.1, 0.15) is 46.1 Å². The molecular formula is C33H37F4N7O2. The number of amides is 1. The summed E-state index contributed by atoms with van der Waals surface area (Å²) in [4.78, 5) is 34.4. The van der Waals surface area contributed by atoms with Crippen LogP contribution in [0.25, 0.3) is 32.9 Å². The molecule has 0 spiro atoms. The van der Waals surface area contributed by atoms with E-state index in [1.165, 1.54) is 25.3 Å². The van der Waals surface area contributed by atoms with E-state index in [-0.39, 0.29) is 62.6 Å². The van der Waals surface area contributed by atoms with E-state index in [0.29, 0.717) is 45.0 Å². The number of rotatable bonds is 8. The summed E-state index contributed by atoms with van der Waals surface area (Å²) in [5, 5.41) is 10.6. The summed E-state index contributed by atoms with van der Waals surface area (Å²) >= 11 is 0. The van der Waals surface area contributed by atoms with Gasteiger partial charge in [0.05, 0.1) is 22.2 Å². The van der Waals surface area contributed by atoms with Crippen molar-refractivity contribution < 1.29 is 27.5 Å². The van der Waals surface area contributed by atoms with E-state index in [4.69, 9.17) is 4.98 Å². The molecule has 4 aromatic rings. The number of likely N-dealkylation sites (N-methyl/N-ethyl adjacent to an activating group) is 1. The third-order valence-corrected chi connectivity index (χ3v) is 9.34. The average Bonchev–Trinajstić information content (AvgIpc) is 3.02. The third-order valence-electron chi connectivity index (χ3n) is 9.34. The fourth-order valence-corrected chi connectivity index (χ4v) is 6.85. The number of anilines is 2. The first-order valence-electron chi connectivity index (χ1n) is 15.7. The number of carbonyl (C=O) groups is 1. The minimum absolute atomic E-state index is 0.0314. The quantitative estimate of drug-likeness (QED) is 0.244. The first-order valence-corrected chi connectivity index (χ1v) is 15.7. The fourth-order valence-electron chi connectivity index (χ4n) is 6.85. The molecule has 2 saturated heterocycles. The molecule has 0 saturated carbocycles. The average molecular weight is 640 g/mol. The Morgan fingerprint density at radius 2 is 1.78 bits per heavy atom. The molecule has 1 unspecified atom stereocenters. The fraction of sp³-hybridized carbons (Fsp3) is 0.455. The number of phenolic OH excluding ortho intramolecular Hbond substituents is 1. The van der Waals surface area contributed by atoms with Crippen molar-refractivity contribution in [2.45, 2.75) is 52.6 Å². The van der Waals surface area contributed by atoms with Gasteiger partial charge in [0.2, 0.25) is 11.9 Å². The van der Waals surface area contributed by atoms with Crippen LogP contribution >= 0.6 is 0 Å². The number of nitrogens with zero attached hydrogens (tertiary/aromatic N) is 7. The van der Waals surface area contributed by atoms with Crippen molar-refractivity contribution in [2.75, 3.05) is 55.6 Å². The second-order valence-corrected chi connectivity index (χ2v) is 11.9. The van der Waals surface area contributed by atoms with E-state index in [2.05, 4.69) is 28.7 Å². The summed E-state index contributed by atoms with van der Waals surface area (Å²) < 4.78 is 60.1. The zero-order valence-corrected chi connectivity index (χ0v) is 26.3. The molecule has 2 aliphatic rings. The molecule has 0 aliphatic carbocycles. The highest BCUT2D eigenvalue weighted by Gasteiger charge is 2.36. The van der Waals surface area contributed by atoms with Crippen molar-refractivity contribution in [3.8, 4) is 17.0 Å². The van der Waals surface area contributed by atoms with Gasteiger partial charge >= 0.3 is 0 Å². The number of halogens is 4. The number of aromatic hydroxyl groups is 1. The Morgan fingerprint density at radius 1 is 1.04 bits per heavy atom. The largest absolute Gasteiger partial charge is 0.508 e. The highest BCUT2D eigenvalue weighted by Crippen LogP contribution is 2.42. The van der Waals surface area contributed by atoms with Crippen LogP contribution in [0.3, 0.4) is 0 Å². The summed E-state index contributed by atoms with van der Waals surface area (Å²) in [7, 11) is 0. The van der Waals surface area contributed by atoms with Crippen molar-refractivity contribution in [1.29, 1.82) is 0 Å². The Balaban J connectivity index is 1.56. The second-order valence-electron chi connectivity index (χ2n) is 11.9. The molecule has 2 fully saturated rings. The van der Waals surface area contributed by atoms with Gasteiger partial charge in [-0.1, -0.05) is 26.8 Å². The molecule has 4 heterocycles. The summed E-state index contributed by atoms with van der Waals surface area (Å²) in [5.74, 6) is -2.01. The van der Waals surface area contributed by atoms with Crippen molar-refractivity contribution >= 4 is 39.3 Å². The Bertz CT molecular complexity index is 1800. The van der Waals surface area contributed by atoms with Gasteiger partial charge in [-0.25, -0.2) is 22.5 Å². The van der Waals surface area contributed by atoms with Crippen LogP contribution in [0.2, 0.25) is 0 Å². The lowest BCUT2D eigenvalue weighted by molar-refractivity contribution is -0.131. The Kier molecular flexibility index (Phi) is 8.62. The maximum atomic E-state index is 15.2. The smallest absolute Gasteiger partial charge is 0.268 e. The van der Waals surface area contributed by atoms with E-state index in [1.54, 1.807) is 0 Å². The molecule has 6 rings (SSSR count). The van der Waals surface area contributed by atoms with Crippen LogP contribution in [0, 0.1) is 11.6 Å². The number of aromatic nitrogens is 3. The lowest BCUT2D eigenvalue weighted by atomic mass is 9.96. The van der Waals surface area contributed by atoms with E-state index in [9.17, 15) is 14.3 Å². The van der Waals surface area contributed by atoms with Crippen LogP contribution in [0.4, 0.5) is 29.3 Å². The van der Waals surface area contributed by atoms with E-state index in [1.807, 2.05) is 21.6 Å². The molecule has 13 heteroatoms. The third kappa shape index (κ3) is 5.44. The maximum Gasteiger partial charge on any atom is 0.268 e. The first-order chi connectivity index (χ1) is 22.1. The molecule has 2 aromatic carbocycles. The van der Waals surface area contributed by atoms with Gasteiger partial charge in [0.25, 0.3) is 6.43 Å². The van der Waals surface area contributed by atoms with Gasteiger partial charge in [-0.15, -0.1) is 0 Å². The minimum Gasteiger partial charge on any atom is -0.508 e. The van der Waals surface area contributed by atoms with Crippen molar-refractivity contribution in [1.82, 2.24) is 24.8 Å². The molecule has 2 aromatic heterocycles. The lowest BCUT2D eigenvalue weighted by Gasteiger charge is -2.45. The van der Waals surface area contributed by atoms with Crippen LogP contribution in [0.15, 0.2) is 30.5 Å². The van der Waals surface area contributed by atoms with E-state index >= 15 is 13.2 Å². The Morgan fingerprint density at radius 3 is 2.43 bits per heavy atom. The molecule has 46 heavy (non-hydrogen) atoms. The molecule has 1 atom stereocenters. The van der Waals surface area contributed by atoms with Gasteiger partial charge in [-0.05, 0) is 43.1 Å². The Labute approximate surface area is 264 Å². The molecule has 244 valence electrons. The number of carbonyl (C=O) groups excluding carboxylic acids is 1. The van der Waals surface area contributed by atoms with Crippen molar-refractivity contribution in [3.05, 3.63) is 47.7 Å². The molecule has 9 nitrogen and oxygen atoms in total. The molecule has 1 amide bonds. The maximum absolute atomic E-state index is 15.2. The van der Waals surface area contributed by atoms with Gasteiger partial charge in [0.1, 0.15) is 11.6 Å². The second kappa shape index (κ2) is 12.5. The number of hydrogen-bond acceptors (Lipinski definition) is 8.